The summed E-state index contributed by atoms with van der Waals surface area (Å²) < 4.78 is 6.56. The van der Waals surface area contributed by atoms with E-state index in [0.29, 0.717) is 5.92 Å². The second-order valence-corrected chi connectivity index (χ2v) is 6.46. The Morgan fingerprint density at radius 3 is 2.86 bits per heavy atom. The van der Waals surface area contributed by atoms with Crippen LogP contribution < -0.4 is 4.74 Å². The van der Waals surface area contributed by atoms with Gasteiger partial charge in [-0.1, -0.05) is 48.0 Å². The van der Waals surface area contributed by atoms with Crippen LogP contribution in [0.5, 0.6) is 5.75 Å². The highest BCUT2D eigenvalue weighted by Crippen LogP contribution is 2.54. The van der Waals surface area contributed by atoms with Gasteiger partial charge in [0.05, 0.1) is 0 Å². The van der Waals surface area contributed by atoms with E-state index in [4.69, 9.17) is 4.74 Å². The molecule has 0 saturated carbocycles. The summed E-state index contributed by atoms with van der Waals surface area (Å²) in [6.07, 6.45) is 1.05. The molecule has 0 radical (unpaired) electrons. The first kappa shape index (κ1) is 12.9. The topological polar surface area (TPSA) is 12.5 Å². The number of para-hydroxylation sites is 1. The number of benzene rings is 2. The van der Waals surface area contributed by atoms with Crippen LogP contribution in [0.15, 0.2) is 48.5 Å². The fraction of sp³-hybridized carbons (Fsp3) is 0.368. The molecular weight excluding hydrogens is 258 g/mol. The monoisotopic (exact) mass is 279 g/mol. The maximum atomic E-state index is 6.56. The number of piperidine rings is 1. The lowest BCUT2D eigenvalue weighted by Gasteiger charge is -2.42. The molecule has 0 bridgehead atoms. The zero-order valence-corrected chi connectivity index (χ0v) is 12.7. The minimum Gasteiger partial charge on any atom is -0.482 e. The van der Waals surface area contributed by atoms with Gasteiger partial charge in [0.1, 0.15) is 11.4 Å². The maximum Gasteiger partial charge on any atom is 0.143 e. The molecule has 2 heterocycles. The Morgan fingerprint density at radius 2 is 2.00 bits per heavy atom. The third-order valence-electron chi connectivity index (χ3n) is 5.02. The first-order valence-electron chi connectivity index (χ1n) is 7.73. The summed E-state index contributed by atoms with van der Waals surface area (Å²) in [7, 11) is 2.21. The average molecular weight is 279 g/mol. The van der Waals surface area contributed by atoms with Crippen LogP contribution in [0.3, 0.4) is 0 Å². The molecule has 2 aromatic rings. The summed E-state index contributed by atoms with van der Waals surface area (Å²) in [6.45, 7) is 4.30. The van der Waals surface area contributed by atoms with E-state index in [1.54, 1.807) is 0 Å². The summed E-state index contributed by atoms with van der Waals surface area (Å²) in [5, 5.41) is 0. The van der Waals surface area contributed by atoms with Crippen molar-refractivity contribution in [2.75, 3.05) is 20.1 Å². The Balaban J connectivity index is 1.87. The summed E-state index contributed by atoms with van der Waals surface area (Å²) in [6, 6.07) is 17.4. The van der Waals surface area contributed by atoms with Gasteiger partial charge in [-0.3, -0.25) is 0 Å². The van der Waals surface area contributed by atoms with E-state index in [2.05, 4.69) is 67.4 Å². The van der Waals surface area contributed by atoms with Crippen molar-refractivity contribution < 1.29 is 4.74 Å². The number of nitrogens with zero attached hydrogens (tertiary/aromatic N) is 1. The zero-order chi connectivity index (χ0) is 14.4. The van der Waals surface area contributed by atoms with E-state index in [9.17, 15) is 0 Å². The van der Waals surface area contributed by atoms with Gasteiger partial charge in [0.15, 0.2) is 0 Å². The lowest BCUT2D eigenvalue weighted by atomic mass is 9.74. The van der Waals surface area contributed by atoms with E-state index < -0.39 is 0 Å². The van der Waals surface area contributed by atoms with Gasteiger partial charge in [0, 0.05) is 31.0 Å². The number of likely N-dealkylation sites (tertiary alicyclic amines) is 1. The van der Waals surface area contributed by atoms with Gasteiger partial charge in [-0.15, -0.1) is 0 Å². The van der Waals surface area contributed by atoms with Crippen molar-refractivity contribution in [3.63, 3.8) is 0 Å². The van der Waals surface area contributed by atoms with Gasteiger partial charge in [-0.25, -0.2) is 0 Å². The fourth-order valence-electron chi connectivity index (χ4n) is 3.92. The first-order chi connectivity index (χ1) is 10.2. The van der Waals surface area contributed by atoms with Crippen LogP contribution in [0.1, 0.15) is 29.0 Å². The number of ether oxygens (including phenoxy) is 1. The number of rotatable bonds is 1. The number of likely N-dealkylation sites (N-methyl/N-ethyl adjacent to an activating group) is 1. The van der Waals surface area contributed by atoms with Crippen LogP contribution in [0, 0.1) is 6.92 Å². The Bertz CT molecular complexity index is 681. The summed E-state index contributed by atoms with van der Waals surface area (Å²) >= 11 is 0. The highest BCUT2D eigenvalue weighted by Gasteiger charge is 2.51. The third-order valence-corrected chi connectivity index (χ3v) is 5.02. The maximum absolute atomic E-state index is 6.56. The summed E-state index contributed by atoms with van der Waals surface area (Å²) in [4.78, 5) is 2.42. The van der Waals surface area contributed by atoms with E-state index in [1.165, 1.54) is 16.7 Å². The van der Waals surface area contributed by atoms with Crippen LogP contribution in [0.2, 0.25) is 0 Å². The fourth-order valence-corrected chi connectivity index (χ4v) is 3.92. The molecule has 2 nitrogen and oxygen atoms in total. The highest BCUT2D eigenvalue weighted by molar-refractivity contribution is 5.47. The molecule has 0 aliphatic carbocycles. The van der Waals surface area contributed by atoms with E-state index in [1.807, 2.05) is 0 Å². The Morgan fingerprint density at radius 1 is 1.14 bits per heavy atom. The van der Waals surface area contributed by atoms with Crippen molar-refractivity contribution in [1.29, 1.82) is 0 Å². The van der Waals surface area contributed by atoms with Gasteiger partial charge < -0.3 is 9.64 Å². The number of fused-ring (bicyclic) bond motifs is 3. The molecule has 2 unspecified atom stereocenters. The number of aryl methyl sites for hydroxylation is 1. The quantitative estimate of drug-likeness (QED) is 0.789. The van der Waals surface area contributed by atoms with Crippen molar-refractivity contribution in [1.82, 2.24) is 4.90 Å². The molecule has 2 atom stereocenters. The Labute approximate surface area is 126 Å². The Kier molecular flexibility index (Phi) is 2.83. The van der Waals surface area contributed by atoms with E-state index >= 15 is 0 Å². The van der Waals surface area contributed by atoms with Gasteiger partial charge in [-0.2, -0.15) is 0 Å². The first-order valence-corrected chi connectivity index (χ1v) is 7.73. The molecule has 4 rings (SSSR count). The molecule has 0 N–H and O–H groups in total. The summed E-state index contributed by atoms with van der Waals surface area (Å²) in [5.41, 5.74) is 3.82. The minimum absolute atomic E-state index is 0.178. The standard InChI is InChI=1S/C19H21NO/c1-14-6-5-7-15(12-14)19-10-11-20(2)13-17(19)16-8-3-4-9-18(16)21-19/h3-9,12,17H,10-11,13H2,1-2H3. The largest absolute Gasteiger partial charge is 0.482 e. The molecule has 0 aromatic heterocycles. The van der Waals surface area contributed by atoms with E-state index in [-0.39, 0.29) is 5.60 Å². The van der Waals surface area contributed by atoms with Crippen molar-refractivity contribution in [3.8, 4) is 5.75 Å². The van der Waals surface area contributed by atoms with Crippen LogP contribution in [-0.4, -0.2) is 25.0 Å². The van der Waals surface area contributed by atoms with Crippen LogP contribution in [-0.2, 0) is 5.60 Å². The van der Waals surface area contributed by atoms with E-state index in [0.717, 1.165) is 25.3 Å². The van der Waals surface area contributed by atoms with Gasteiger partial charge in [-0.05, 0) is 25.6 Å². The molecule has 2 heteroatoms. The second-order valence-electron chi connectivity index (χ2n) is 6.46. The third kappa shape index (κ3) is 1.90. The molecule has 2 aliphatic heterocycles. The van der Waals surface area contributed by atoms with Crippen molar-refractivity contribution in [3.05, 3.63) is 65.2 Å². The number of hydrogen-bond acceptors (Lipinski definition) is 2. The lowest BCUT2D eigenvalue weighted by molar-refractivity contribution is 0.00698. The van der Waals surface area contributed by atoms with Gasteiger partial charge in [0.25, 0.3) is 0 Å². The second kappa shape index (κ2) is 4.60. The van der Waals surface area contributed by atoms with Crippen molar-refractivity contribution >= 4 is 0 Å². The molecule has 21 heavy (non-hydrogen) atoms. The van der Waals surface area contributed by atoms with Crippen molar-refractivity contribution in [2.24, 2.45) is 0 Å². The molecule has 1 fully saturated rings. The number of hydrogen-bond donors (Lipinski definition) is 0. The summed E-state index contributed by atoms with van der Waals surface area (Å²) in [5.74, 6) is 1.49. The predicted molar refractivity (Wildman–Crippen MR) is 84.8 cm³/mol. The molecule has 0 amide bonds. The van der Waals surface area contributed by atoms with Crippen LogP contribution in [0.25, 0.3) is 0 Å². The average Bonchev–Trinajstić information content (AvgIpc) is 2.82. The molecule has 0 spiro atoms. The van der Waals surface area contributed by atoms with Crippen LogP contribution in [0.4, 0.5) is 0 Å². The molecular formula is C19H21NO. The molecule has 2 aliphatic rings. The molecule has 2 aromatic carbocycles. The smallest absolute Gasteiger partial charge is 0.143 e. The zero-order valence-electron chi connectivity index (χ0n) is 12.7. The minimum atomic E-state index is -0.178. The van der Waals surface area contributed by atoms with Gasteiger partial charge >= 0.3 is 0 Å². The SMILES string of the molecule is Cc1cccc(C23CCN(C)CC2c2ccccc2O3)c1. The highest BCUT2D eigenvalue weighted by atomic mass is 16.5. The normalized spacial score (nSPS) is 27.8. The molecule has 108 valence electrons. The van der Waals surface area contributed by atoms with Crippen molar-refractivity contribution in [2.45, 2.75) is 24.9 Å². The Hall–Kier alpha value is -1.80. The lowest BCUT2D eigenvalue weighted by Crippen LogP contribution is -2.47. The van der Waals surface area contributed by atoms with Gasteiger partial charge in [0.2, 0.25) is 0 Å². The molecule has 1 saturated heterocycles. The predicted octanol–water partition coefficient (Wildman–Crippen LogP) is 3.70. The van der Waals surface area contributed by atoms with Crippen LogP contribution >= 0.6 is 0 Å².